The summed E-state index contributed by atoms with van der Waals surface area (Å²) >= 11 is -2.06. The van der Waals surface area contributed by atoms with Gasteiger partial charge in [-0.3, -0.25) is 4.79 Å². The molecular weight excluding hydrogens is 323 g/mol. The summed E-state index contributed by atoms with van der Waals surface area (Å²) in [5.74, 6) is -0.974. The topological polar surface area (TPSA) is 105 Å². The molecule has 2 aromatic rings. The van der Waals surface area contributed by atoms with Crippen LogP contribution in [0.3, 0.4) is 0 Å². The minimum absolute atomic E-state index is 0.106. The van der Waals surface area contributed by atoms with E-state index in [4.69, 9.17) is 5.73 Å². The molecular formula is C12H10F3N3O3S. The van der Waals surface area contributed by atoms with E-state index < -0.39 is 33.7 Å². The average molecular weight is 333 g/mol. The first kappa shape index (κ1) is 16.3. The van der Waals surface area contributed by atoms with Crippen molar-refractivity contribution in [1.82, 2.24) is 10.3 Å². The third-order valence-corrected chi connectivity index (χ3v) is 3.90. The van der Waals surface area contributed by atoms with Crippen LogP contribution in [-0.4, -0.2) is 27.0 Å². The first-order chi connectivity index (χ1) is 10.1. The molecule has 2 rings (SSSR count). The number of nitrogens with two attached hydrogens (primary N) is 1. The molecule has 0 fully saturated rings. The maximum Gasteiger partial charge on any atom is 0.421 e. The molecule has 1 amide bonds. The Bertz CT molecular complexity index is 728. The molecule has 0 saturated carbocycles. The fourth-order valence-electron chi connectivity index (χ4n) is 2.00. The van der Waals surface area contributed by atoms with Crippen molar-refractivity contribution in [3.63, 3.8) is 0 Å². The highest BCUT2D eigenvalue weighted by atomic mass is 32.2. The quantitative estimate of drug-likeness (QED) is 0.864. The Kier molecular flexibility index (Phi) is 4.16. The monoisotopic (exact) mass is 333 g/mol. The Morgan fingerprint density at radius 3 is 2.41 bits per heavy atom. The second-order valence-electron chi connectivity index (χ2n) is 4.38. The zero-order valence-corrected chi connectivity index (χ0v) is 12.2. The van der Waals surface area contributed by atoms with Crippen molar-refractivity contribution in [3.8, 4) is 11.3 Å². The summed E-state index contributed by atoms with van der Waals surface area (Å²) < 4.78 is 55.8. The van der Waals surface area contributed by atoms with Gasteiger partial charge in [0.25, 0.3) is 0 Å². The molecule has 1 aromatic carbocycles. The molecule has 118 valence electrons. The molecule has 0 aliphatic heterocycles. The van der Waals surface area contributed by atoms with Crippen molar-refractivity contribution in [3.05, 3.63) is 29.0 Å². The number of rotatable bonds is 3. The summed E-state index contributed by atoms with van der Waals surface area (Å²) in [6.45, 7) is 1.43. The molecule has 1 unspecified atom stereocenters. The van der Waals surface area contributed by atoms with E-state index in [1.54, 1.807) is 0 Å². The summed E-state index contributed by atoms with van der Waals surface area (Å²) in [5, 5.41) is 6.97. The summed E-state index contributed by atoms with van der Waals surface area (Å²) in [5.41, 5.74) is 3.60. The molecule has 1 aromatic heterocycles. The van der Waals surface area contributed by atoms with Gasteiger partial charge < -0.3 is 10.3 Å². The van der Waals surface area contributed by atoms with Crippen molar-refractivity contribution < 1.29 is 27.1 Å². The number of carbonyl (C=O) groups is 1. The maximum absolute atomic E-state index is 13.2. The number of alkyl halides is 3. The number of halogens is 3. The van der Waals surface area contributed by atoms with Crippen LogP contribution in [0.4, 0.5) is 13.2 Å². The number of aryl methyl sites for hydroxylation is 1. The van der Waals surface area contributed by atoms with E-state index >= 15 is 0 Å². The number of amides is 1. The molecule has 0 aliphatic carbocycles. The Morgan fingerprint density at radius 1 is 1.36 bits per heavy atom. The molecule has 0 spiro atoms. The highest BCUT2D eigenvalue weighted by molar-refractivity contribution is 7.90. The van der Waals surface area contributed by atoms with Gasteiger partial charge in [-0.15, -0.1) is 0 Å². The summed E-state index contributed by atoms with van der Waals surface area (Å²) in [6.07, 6.45) is -3.68. The van der Waals surface area contributed by atoms with E-state index in [9.17, 15) is 22.5 Å². The SMILES string of the molecule is Cc1nonc1-c1c(C(N)=O)ccc(C(F)(F)F)c1[S+](C)[O-]. The van der Waals surface area contributed by atoms with Crippen LogP contribution in [-0.2, 0) is 17.4 Å². The zero-order chi connectivity index (χ0) is 16.7. The van der Waals surface area contributed by atoms with Gasteiger partial charge in [0.1, 0.15) is 23.2 Å². The lowest BCUT2D eigenvalue weighted by Gasteiger charge is -2.17. The van der Waals surface area contributed by atoms with Crippen LogP contribution in [0.1, 0.15) is 21.6 Å². The van der Waals surface area contributed by atoms with E-state index in [0.29, 0.717) is 6.07 Å². The van der Waals surface area contributed by atoms with Gasteiger partial charge in [0.05, 0.1) is 11.1 Å². The van der Waals surface area contributed by atoms with E-state index in [0.717, 1.165) is 12.3 Å². The number of carbonyl (C=O) groups excluding carboxylic acids is 1. The number of benzene rings is 1. The second-order valence-corrected chi connectivity index (χ2v) is 5.70. The Labute approximate surface area is 125 Å². The van der Waals surface area contributed by atoms with Gasteiger partial charge in [-0.25, -0.2) is 4.63 Å². The highest BCUT2D eigenvalue weighted by Crippen LogP contribution is 2.41. The first-order valence-corrected chi connectivity index (χ1v) is 7.37. The standard InChI is InChI=1S/C12H10F3N3O3S/c1-5-9(18-21-17-5)8-6(11(16)19)3-4-7(12(13,14)15)10(8)22(2)20/h3-4H,1-2H3,(H2,16,19). The van der Waals surface area contributed by atoms with Crippen molar-refractivity contribution in [2.24, 2.45) is 5.73 Å². The number of aromatic nitrogens is 2. The molecule has 22 heavy (non-hydrogen) atoms. The lowest BCUT2D eigenvalue weighted by atomic mass is 9.99. The van der Waals surface area contributed by atoms with Crippen LogP contribution in [0.2, 0.25) is 0 Å². The molecule has 10 heteroatoms. The van der Waals surface area contributed by atoms with Crippen LogP contribution < -0.4 is 5.73 Å². The third kappa shape index (κ3) is 2.79. The molecule has 0 saturated heterocycles. The molecule has 1 heterocycles. The fourth-order valence-corrected chi connectivity index (χ4v) is 2.99. The predicted octanol–water partition coefficient (Wildman–Crippen LogP) is 1.90. The average Bonchev–Trinajstić information content (AvgIpc) is 2.81. The number of hydrogen-bond acceptors (Lipinski definition) is 5. The Morgan fingerprint density at radius 2 is 2.00 bits per heavy atom. The smallest absolute Gasteiger partial charge is 0.421 e. The van der Waals surface area contributed by atoms with E-state index in [1.165, 1.54) is 6.92 Å². The van der Waals surface area contributed by atoms with Gasteiger partial charge in [-0.2, -0.15) is 13.2 Å². The Balaban J connectivity index is 2.93. The van der Waals surface area contributed by atoms with Crippen LogP contribution >= 0.6 is 0 Å². The number of nitrogens with zero attached hydrogens (tertiary/aromatic N) is 2. The number of hydrogen-bond donors (Lipinski definition) is 1. The van der Waals surface area contributed by atoms with Gasteiger partial charge in [-0.1, -0.05) is 5.16 Å². The lowest BCUT2D eigenvalue weighted by Crippen LogP contribution is -2.19. The molecule has 0 bridgehead atoms. The number of primary amides is 1. The minimum atomic E-state index is -4.75. The van der Waals surface area contributed by atoms with Crippen LogP contribution in [0.5, 0.6) is 0 Å². The van der Waals surface area contributed by atoms with Gasteiger partial charge in [0.2, 0.25) is 5.91 Å². The van der Waals surface area contributed by atoms with E-state index in [-0.39, 0.29) is 22.5 Å². The summed E-state index contributed by atoms with van der Waals surface area (Å²) in [7, 11) is 0. The molecule has 0 radical (unpaired) electrons. The van der Waals surface area contributed by atoms with Crippen LogP contribution in [0.25, 0.3) is 11.3 Å². The molecule has 2 N–H and O–H groups in total. The largest absolute Gasteiger partial charge is 0.612 e. The molecule has 0 aliphatic rings. The lowest BCUT2D eigenvalue weighted by molar-refractivity contribution is -0.139. The van der Waals surface area contributed by atoms with Gasteiger partial charge in [-0.05, 0) is 35.4 Å². The van der Waals surface area contributed by atoms with Crippen molar-refractivity contribution in [1.29, 1.82) is 0 Å². The maximum atomic E-state index is 13.2. The van der Waals surface area contributed by atoms with Gasteiger partial charge >= 0.3 is 6.18 Å². The van der Waals surface area contributed by atoms with Crippen LogP contribution in [0.15, 0.2) is 21.7 Å². The van der Waals surface area contributed by atoms with Crippen molar-refractivity contribution >= 4 is 17.1 Å². The van der Waals surface area contributed by atoms with Gasteiger partial charge in [0, 0.05) is 0 Å². The van der Waals surface area contributed by atoms with E-state index in [1.807, 2.05) is 0 Å². The summed E-state index contributed by atoms with van der Waals surface area (Å²) in [4.78, 5) is 10.9. The zero-order valence-electron chi connectivity index (χ0n) is 11.4. The Hall–Kier alpha value is -2.07. The van der Waals surface area contributed by atoms with Gasteiger partial charge in [0.15, 0.2) is 4.90 Å². The van der Waals surface area contributed by atoms with Crippen LogP contribution in [0, 0.1) is 6.92 Å². The predicted molar refractivity (Wildman–Crippen MR) is 70.3 cm³/mol. The minimum Gasteiger partial charge on any atom is -0.612 e. The van der Waals surface area contributed by atoms with Crippen molar-refractivity contribution in [2.45, 2.75) is 18.0 Å². The van der Waals surface area contributed by atoms with E-state index in [2.05, 4.69) is 14.9 Å². The third-order valence-electron chi connectivity index (χ3n) is 2.91. The summed E-state index contributed by atoms with van der Waals surface area (Å²) in [6, 6.07) is 1.59. The van der Waals surface area contributed by atoms with Crippen molar-refractivity contribution in [2.75, 3.05) is 6.26 Å². The first-order valence-electron chi connectivity index (χ1n) is 5.81. The highest BCUT2D eigenvalue weighted by Gasteiger charge is 2.40. The fraction of sp³-hybridized carbons (Fsp3) is 0.250. The normalized spacial score (nSPS) is 13.2. The molecule has 6 nitrogen and oxygen atoms in total. The second kappa shape index (κ2) is 5.61. The molecule has 1 atom stereocenters.